The lowest BCUT2D eigenvalue weighted by Gasteiger charge is -2.20. The van der Waals surface area contributed by atoms with Crippen LogP contribution in [-0.2, 0) is 4.74 Å². The van der Waals surface area contributed by atoms with Crippen molar-refractivity contribution in [2.45, 2.75) is 26.0 Å². The lowest BCUT2D eigenvalue weighted by Crippen LogP contribution is -2.38. The van der Waals surface area contributed by atoms with Crippen molar-refractivity contribution in [2.24, 2.45) is 0 Å². The third-order valence-corrected chi connectivity index (χ3v) is 5.23. The second-order valence-corrected chi connectivity index (χ2v) is 8.27. The van der Waals surface area contributed by atoms with E-state index in [0.717, 1.165) is 5.56 Å². The van der Waals surface area contributed by atoms with Crippen molar-refractivity contribution in [3.8, 4) is 17.1 Å². The Hall–Kier alpha value is -3.90. The topological polar surface area (TPSA) is 77.8 Å². The molecule has 0 aliphatic carbocycles. The molecule has 4 aromatic rings. The summed E-state index contributed by atoms with van der Waals surface area (Å²) in [5, 5.41) is 3.76. The molecule has 6 nitrogen and oxygen atoms in total. The molecule has 1 aromatic heterocycles. The van der Waals surface area contributed by atoms with Crippen LogP contribution in [0.3, 0.4) is 0 Å². The van der Waals surface area contributed by atoms with Crippen LogP contribution < -0.4 is 15.5 Å². The lowest BCUT2D eigenvalue weighted by molar-refractivity contribution is 0.0172. The van der Waals surface area contributed by atoms with Crippen molar-refractivity contribution in [1.82, 2.24) is 5.32 Å². The van der Waals surface area contributed by atoms with E-state index in [-0.39, 0.29) is 18.1 Å². The van der Waals surface area contributed by atoms with Crippen LogP contribution in [0.25, 0.3) is 22.3 Å². The first kappa shape index (κ1) is 23.3. The minimum absolute atomic E-state index is 0.123. The maximum absolute atomic E-state index is 12.6. The molecule has 34 heavy (non-hydrogen) atoms. The van der Waals surface area contributed by atoms with E-state index in [1.807, 2.05) is 50.2 Å². The molecule has 0 fully saturated rings. The average molecular weight is 458 g/mol. The van der Waals surface area contributed by atoms with Crippen LogP contribution in [0, 0.1) is 0 Å². The zero-order valence-corrected chi connectivity index (χ0v) is 19.2. The number of rotatable bonds is 9. The van der Waals surface area contributed by atoms with Crippen LogP contribution >= 0.6 is 0 Å². The van der Waals surface area contributed by atoms with E-state index in [0.29, 0.717) is 34.6 Å². The summed E-state index contributed by atoms with van der Waals surface area (Å²) in [4.78, 5) is 25.1. The fourth-order valence-electron chi connectivity index (χ4n) is 3.45. The first-order valence-corrected chi connectivity index (χ1v) is 11.2. The number of benzene rings is 3. The van der Waals surface area contributed by atoms with Crippen molar-refractivity contribution >= 4 is 16.9 Å². The van der Waals surface area contributed by atoms with Gasteiger partial charge >= 0.3 is 5.97 Å². The van der Waals surface area contributed by atoms with Crippen LogP contribution in [0.4, 0.5) is 0 Å². The van der Waals surface area contributed by atoms with Crippen LogP contribution in [0.5, 0.6) is 5.75 Å². The monoisotopic (exact) mass is 457 g/mol. The van der Waals surface area contributed by atoms with Gasteiger partial charge in [0.1, 0.15) is 29.8 Å². The van der Waals surface area contributed by atoms with Gasteiger partial charge in [0.2, 0.25) is 0 Å². The summed E-state index contributed by atoms with van der Waals surface area (Å²) in [6, 6.07) is 25.1. The molecule has 0 radical (unpaired) electrons. The summed E-state index contributed by atoms with van der Waals surface area (Å²) < 4.78 is 17.6. The Balaban J connectivity index is 1.51. The largest absolute Gasteiger partial charge is 0.490 e. The third kappa shape index (κ3) is 5.91. The van der Waals surface area contributed by atoms with Gasteiger partial charge in [-0.1, -0.05) is 62.4 Å². The van der Waals surface area contributed by atoms with E-state index in [4.69, 9.17) is 13.9 Å². The van der Waals surface area contributed by atoms with E-state index in [1.54, 1.807) is 42.5 Å². The molecule has 0 aliphatic rings. The van der Waals surface area contributed by atoms with Gasteiger partial charge < -0.3 is 19.2 Å². The molecule has 0 bridgehead atoms. The normalized spacial score (nSPS) is 12.0. The smallest absolute Gasteiger partial charge is 0.338 e. The van der Waals surface area contributed by atoms with Crippen molar-refractivity contribution in [3.05, 3.63) is 101 Å². The van der Waals surface area contributed by atoms with Crippen molar-refractivity contribution in [2.75, 3.05) is 13.2 Å². The molecule has 0 saturated heterocycles. The third-order valence-electron chi connectivity index (χ3n) is 5.23. The standard InChI is InChI=1S/C28H27NO5/c1-19(2)29-17-23(33-28(31)21-11-7-4-8-12-21)18-32-22-13-14-24-25(30)16-26(34-27(24)15-22)20-9-5-3-6-10-20/h3-16,19,23,29H,17-18H2,1-2H3. The predicted octanol–water partition coefficient (Wildman–Crippen LogP) is 5.06. The molecular formula is C28H27NO5. The van der Waals surface area contributed by atoms with Gasteiger partial charge in [0.05, 0.1) is 10.9 Å². The zero-order chi connectivity index (χ0) is 23.9. The Morgan fingerprint density at radius 2 is 1.65 bits per heavy atom. The van der Waals surface area contributed by atoms with Gasteiger partial charge in [0.15, 0.2) is 5.43 Å². The number of hydrogen-bond acceptors (Lipinski definition) is 6. The van der Waals surface area contributed by atoms with Crippen LogP contribution in [-0.4, -0.2) is 31.3 Å². The quantitative estimate of drug-likeness (QED) is 0.354. The Bertz CT molecular complexity index is 1300. The highest BCUT2D eigenvalue weighted by Gasteiger charge is 2.18. The fraction of sp³-hybridized carbons (Fsp3) is 0.214. The fourth-order valence-corrected chi connectivity index (χ4v) is 3.45. The molecule has 1 N–H and O–H groups in total. The molecule has 3 aromatic carbocycles. The summed E-state index contributed by atoms with van der Waals surface area (Å²) in [7, 11) is 0. The Morgan fingerprint density at radius 3 is 2.35 bits per heavy atom. The van der Waals surface area contributed by atoms with Gasteiger partial charge in [-0.2, -0.15) is 0 Å². The molecule has 4 rings (SSSR count). The molecule has 0 amide bonds. The van der Waals surface area contributed by atoms with Crippen molar-refractivity contribution in [1.29, 1.82) is 0 Å². The number of nitrogens with one attached hydrogen (secondary N) is 1. The van der Waals surface area contributed by atoms with Crippen LogP contribution in [0.2, 0.25) is 0 Å². The summed E-state index contributed by atoms with van der Waals surface area (Å²) in [6.07, 6.45) is -0.506. The number of carbonyl (C=O) groups is 1. The maximum Gasteiger partial charge on any atom is 0.338 e. The van der Waals surface area contributed by atoms with Crippen LogP contribution in [0.1, 0.15) is 24.2 Å². The van der Waals surface area contributed by atoms with Gasteiger partial charge in [0.25, 0.3) is 0 Å². The summed E-state index contributed by atoms with van der Waals surface area (Å²) in [5.74, 6) is 0.606. The van der Waals surface area contributed by atoms with Crippen molar-refractivity contribution < 1.29 is 18.7 Å². The Kier molecular flexibility index (Phi) is 7.40. The molecule has 0 aliphatic heterocycles. The molecule has 0 spiro atoms. The van der Waals surface area contributed by atoms with E-state index in [2.05, 4.69) is 5.32 Å². The lowest BCUT2D eigenvalue weighted by atomic mass is 10.1. The summed E-state index contributed by atoms with van der Waals surface area (Å²) >= 11 is 0. The first-order valence-electron chi connectivity index (χ1n) is 11.2. The van der Waals surface area contributed by atoms with Crippen LogP contribution in [0.15, 0.2) is 94.1 Å². The highest BCUT2D eigenvalue weighted by molar-refractivity contribution is 5.89. The Morgan fingerprint density at radius 1 is 0.941 bits per heavy atom. The first-order chi connectivity index (χ1) is 16.5. The molecule has 1 unspecified atom stereocenters. The minimum atomic E-state index is -0.506. The second kappa shape index (κ2) is 10.8. The van der Waals surface area contributed by atoms with Gasteiger partial charge in [-0.05, 0) is 24.3 Å². The molecular weight excluding hydrogens is 430 g/mol. The minimum Gasteiger partial charge on any atom is -0.490 e. The molecule has 0 saturated carbocycles. The number of fused-ring (bicyclic) bond motifs is 1. The number of carbonyl (C=O) groups excluding carboxylic acids is 1. The van der Waals surface area contributed by atoms with Gasteiger partial charge in [-0.15, -0.1) is 0 Å². The van der Waals surface area contributed by atoms with Gasteiger partial charge in [-0.3, -0.25) is 4.79 Å². The molecule has 174 valence electrons. The zero-order valence-electron chi connectivity index (χ0n) is 19.2. The van der Waals surface area contributed by atoms with E-state index >= 15 is 0 Å². The second-order valence-electron chi connectivity index (χ2n) is 8.27. The highest BCUT2D eigenvalue weighted by atomic mass is 16.6. The highest BCUT2D eigenvalue weighted by Crippen LogP contribution is 2.25. The predicted molar refractivity (Wildman–Crippen MR) is 132 cm³/mol. The number of hydrogen-bond donors (Lipinski definition) is 1. The SMILES string of the molecule is CC(C)NCC(COc1ccc2c(=O)cc(-c3ccccc3)oc2c1)OC(=O)c1ccccc1. The maximum atomic E-state index is 12.6. The molecule has 1 heterocycles. The van der Waals surface area contributed by atoms with Crippen molar-refractivity contribution in [3.63, 3.8) is 0 Å². The Labute approximate surface area is 198 Å². The molecule has 6 heteroatoms. The van der Waals surface area contributed by atoms with Gasteiger partial charge in [-0.25, -0.2) is 4.79 Å². The van der Waals surface area contributed by atoms with Gasteiger partial charge in [0, 0.05) is 30.3 Å². The van der Waals surface area contributed by atoms with E-state index < -0.39 is 12.1 Å². The van der Waals surface area contributed by atoms with E-state index in [9.17, 15) is 9.59 Å². The number of ether oxygens (including phenoxy) is 2. The molecule has 1 atom stereocenters. The average Bonchev–Trinajstić information content (AvgIpc) is 2.86. The summed E-state index contributed by atoms with van der Waals surface area (Å²) in [5.41, 5.74) is 1.61. The van der Waals surface area contributed by atoms with E-state index in [1.165, 1.54) is 6.07 Å². The number of esters is 1. The summed E-state index contributed by atoms with van der Waals surface area (Å²) in [6.45, 7) is 4.63.